The molecule has 1 aromatic rings. The molecule has 2 N–H and O–H groups in total. The summed E-state index contributed by atoms with van der Waals surface area (Å²) < 4.78 is 5.38. The van der Waals surface area contributed by atoms with Crippen LogP contribution in [0.3, 0.4) is 0 Å². The maximum absolute atomic E-state index is 12.6. The van der Waals surface area contributed by atoms with Gasteiger partial charge < -0.3 is 20.3 Å². The zero-order valence-corrected chi connectivity index (χ0v) is 14.7. The van der Waals surface area contributed by atoms with Crippen LogP contribution < -0.4 is 10.6 Å². The molecule has 2 rings (SSSR count). The molecule has 0 spiro atoms. The average molecular weight is 333 g/mol. The zero-order chi connectivity index (χ0) is 17.5. The molecule has 1 fully saturated rings. The normalized spacial score (nSPS) is 16.9. The Labute approximate surface area is 143 Å². The largest absolute Gasteiger partial charge is 0.381 e. The monoisotopic (exact) mass is 333 g/mol. The van der Waals surface area contributed by atoms with Crippen LogP contribution in [-0.2, 0) is 4.74 Å². The molecule has 0 bridgehead atoms. The number of benzene rings is 1. The first-order valence-corrected chi connectivity index (χ1v) is 8.54. The molecule has 0 aromatic heterocycles. The predicted molar refractivity (Wildman–Crippen MR) is 94.2 cm³/mol. The summed E-state index contributed by atoms with van der Waals surface area (Å²) >= 11 is 0. The third-order valence-electron chi connectivity index (χ3n) is 3.98. The Hall–Kier alpha value is -2.08. The maximum Gasteiger partial charge on any atom is 0.319 e. The van der Waals surface area contributed by atoms with E-state index in [-0.39, 0.29) is 18.0 Å². The number of carbonyl (C=O) groups excluding carboxylic acids is 2. The van der Waals surface area contributed by atoms with Gasteiger partial charge >= 0.3 is 6.03 Å². The second-order valence-corrected chi connectivity index (χ2v) is 6.40. The Morgan fingerprint density at radius 1 is 1.29 bits per heavy atom. The molecule has 1 saturated heterocycles. The summed E-state index contributed by atoms with van der Waals surface area (Å²) in [7, 11) is 0. The Kier molecular flexibility index (Phi) is 6.61. The van der Waals surface area contributed by atoms with Gasteiger partial charge in [-0.1, -0.05) is 0 Å². The van der Waals surface area contributed by atoms with E-state index in [1.807, 2.05) is 25.7 Å². The van der Waals surface area contributed by atoms with Crippen LogP contribution in [0.15, 0.2) is 24.3 Å². The maximum atomic E-state index is 12.6. The molecule has 0 radical (unpaired) electrons. The summed E-state index contributed by atoms with van der Waals surface area (Å²) in [6.45, 7) is 8.71. The van der Waals surface area contributed by atoms with Gasteiger partial charge in [0, 0.05) is 42.9 Å². The van der Waals surface area contributed by atoms with Gasteiger partial charge in [0.15, 0.2) is 0 Å². The van der Waals surface area contributed by atoms with E-state index in [4.69, 9.17) is 4.74 Å². The summed E-state index contributed by atoms with van der Waals surface area (Å²) in [6.07, 6.45) is 1.01. The number of urea groups is 1. The number of anilines is 1. The van der Waals surface area contributed by atoms with Crippen molar-refractivity contribution in [2.75, 3.05) is 31.6 Å². The highest BCUT2D eigenvalue weighted by molar-refractivity contribution is 5.95. The van der Waals surface area contributed by atoms with Gasteiger partial charge in [0.05, 0.1) is 6.61 Å². The molecule has 0 saturated carbocycles. The van der Waals surface area contributed by atoms with Gasteiger partial charge in [-0.15, -0.1) is 0 Å². The van der Waals surface area contributed by atoms with Crippen LogP contribution in [0.2, 0.25) is 0 Å². The number of nitrogens with one attached hydrogen (secondary N) is 2. The van der Waals surface area contributed by atoms with Crippen LogP contribution in [-0.4, -0.2) is 49.2 Å². The van der Waals surface area contributed by atoms with Crippen molar-refractivity contribution >= 4 is 17.6 Å². The van der Waals surface area contributed by atoms with E-state index < -0.39 is 0 Å². The van der Waals surface area contributed by atoms with E-state index in [9.17, 15) is 9.59 Å². The fourth-order valence-electron chi connectivity index (χ4n) is 2.70. The third kappa shape index (κ3) is 5.23. The van der Waals surface area contributed by atoms with Crippen molar-refractivity contribution in [2.45, 2.75) is 33.2 Å². The van der Waals surface area contributed by atoms with E-state index in [0.29, 0.717) is 23.7 Å². The first-order chi connectivity index (χ1) is 11.5. The number of hydrogen-bond acceptors (Lipinski definition) is 3. The number of carbonyl (C=O) groups is 2. The minimum absolute atomic E-state index is 0.0163. The quantitative estimate of drug-likeness (QED) is 0.841. The van der Waals surface area contributed by atoms with Crippen LogP contribution in [0, 0.1) is 5.92 Å². The second-order valence-electron chi connectivity index (χ2n) is 6.40. The van der Waals surface area contributed by atoms with Gasteiger partial charge in [-0.25, -0.2) is 4.79 Å². The van der Waals surface area contributed by atoms with Gasteiger partial charge in [-0.3, -0.25) is 4.79 Å². The summed E-state index contributed by atoms with van der Waals surface area (Å²) in [5.41, 5.74) is 1.29. The zero-order valence-electron chi connectivity index (χ0n) is 14.7. The summed E-state index contributed by atoms with van der Waals surface area (Å²) in [4.78, 5) is 26.2. The highest BCUT2D eigenvalue weighted by Crippen LogP contribution is 2.17. The lowest BCUT2D eigenvalue weighted by Crippen LogP contribution is -2.35. The number of rotatable bonds is 6. The molecule has 1 heterocycles. The van der Waals surface area contributed by atoms with Crippen molar-refractivity contribution in [1.82, 2.24) is 10.2 Å². The van der Waals surface area contributed by atoms with E-state index in [1.54, 1.807) is 24.3 Å². The van der Waals surface area contributed by atoms with Crippen LogP contribution in [0.4, 0.5) is 10.5 Å². The lowest BCUT2D eigenvalue weighted by molar-refractivity contribution is 0.0731. The van der Waals surface area contributed by atoms with Crippen molar-refractivity contribution in [1.29, 1.82) is 0 Å². The second kappa shape index (κ2) is 8.68. The van der Waals surface area contributed by atoms with Gasteiger partial charge in [-0.05, 0) is 51.5 Å². The fourth-order valence-corrected chi connectivity index (χ4v) is 2.70. The van der Waals surface area contributed by atoms with Crippen LogP contribution in [0.5, 0.6) is 0 Å². The third-order valence-corrected chi connectivity index (χ3v) is 3.98. The van der Waals surface area contributed by atoms with Gasteiger partial charge in [0.2, 0.25) is 0 Å². The topological polar surface area (TPSA) is 70.7 Å². The highest BCUT2D eigenvalue weighted by Gasteiger charge is 2.22. The van der Waals surface area contributed by atoms with Crippen LogP contribution in [0.1, 0.15) is 37.6 Å². The van der Waals surface area contributed by atoms with Crippen LogP contribution >= 0.6 is 0 Å². The molecule has 1 atom stereocenters. The van der Waals surface area contributed by atoms with E-state index in [2.05, 4.69) is 10.6 Å². The van der Waals surface area contributed by atoms with Crippen molar-refractivity contribution in [3.05, 3.63) is 29.8 Å². The van der Waals surface area contributed by atoms with Crippen molar-refractivity contribution in [3.63, 3.8) is 0 Å². The minimum atomic E-state index is -0.250. The van der Waals surface area contributed by atoms with Gasteiger partial charge in [0.25, 0.3) is 5.91 Å². The average Bonchev–Trinajstić information content (AvgIpc) is 3.05. The molecule has 1 aliphatic rings. The number of nitrogens with zero attached hydrogens (tertiary/aromatic N) is 1. The first-order valence-electron chi connectivity index (χ1n) is 8.54. The van der Waals surface area contributed by atoms with E-state index in [0.717, 1.165) is 26.2 Å². The van der Waals surface area contributed by atoms with Crippen molar-refractivity contribution in [2.24, 2.45) is 5.92 Å². The molecule has 132 valence electrons. The fraction of sp³-hybridized carbons (Fsp3) is 0.556. The first kappa shape index (κ1) is 18.3. The van der Waals surface area contributed by atoms with E-state index in [1.165, 1.54) is 0 Å². The Morgan fingerprint density at radius 3 is 2.54 bits per heavy atom. The molecule has 1 aliphatic heterocycles. The molecule has 0 unspecified atom stereocenters. The molecule has 3 amide bonds. The number of amides is 3. The number of hydrogen-bond donors (Lipinski definition) is 2. The molecule has 0 aliphatic carbocycles. The molecular formula is C18H27N3O3. The predicted octanol–water partition coefficient (Wildman–Crippen LogP) is 2.72. The molecule has 6 heteroatoms. The highest BCUT2D eigenvalue weighted by atomic mass is 16.5. The Morgan fingerprint density at radius 2 is 2.00 bits per heavy atom. The lowest BCUT2D eigenvalue weighted by atomic mass is 10.1. The van der Waals surface area contributed by atoms with Gasteiger partial charge in [0.1, 0.15) is 0 Å². The Bertz CT molecular complexity index is 551. The molecule has 24 heavy (non-hydrogen) atoms. The molecular weight excluding hydrogens is 306 g/mol. The lowest BCUT2D eigenvalue weighted by Gasteiger charge is -2.24. The molecule has 1 aromatic carbocycles. The Balaban J connectivity index is 1.95. The van der Waals surface area contributed by atoms with Crippen molar-refractivity contribution < 1.29 is 14.3 Å². The van der Waals surface area contributed by atoms with Crippen LogP contribution in [0.25, 0.3) is 0 Å². The smallest absolute Gasteiger partial charge is 0.319 e. The van der Waals surface area contributed by atoms with Gasteiger partial charge in [-0.2, -0.15) is 0 Å². The SMILES string of the molecule is CCN(C[C@@H]1CCOC1)C(=O)c1ccc(NC(=O)NC(C)C)cc1. The minimum Gasteiger partial charge on any atom is -0.381 e. The summed E-state index contributed by atoms with van der Waals surface area (Å²) in [5.74, 6) is 0.442. The standard InChI is InChI=1S/C18H27N3O3/c1-4-21(11-14-9-10-24-12-14)17(22)15-5-7-16(8-6-15)20-18(23)19-13(2)3/h5-8,13-14H,4,9-12H2,1-3H3,(H2,19,20,23)/t14-/m0/s1. The summed E-state index contributed by atoms with van der Waals surface area (Å²) in [6, 6.07) is 6.82. The number of ether oxygens (including phenoxy) is 1. The van der Waals surface area contributed by atoms with Crippen molar-refractivity contribution in [3.8, 4) is 0 Å². The summed E-state index contributed by atoms with van der Waals surface area (Å²) in [5, 5.41) is 5.51. The molecule has 6 nitrogen and oxygen atoms in total. The van der Waals surface area contributed by atoms with E-state index >= 15 is 0 Å².